The average Bonchev–Trinajstić information content (AvgIpc) is 2.04. The molecule has 0 aliphatic carbocycles. The smallest absolute Gasteiger partial charge is 0.281 e. The fourth-order valence-electron chi connectivity index (χ4n) is 0.772. The summed E-state index contributed by atoms with van der Waals surface area (Å²) in [4.78, 5) is 13.7. The van der Waals surface area contributed by atoms with Crippen LogP contribution < -0.4 is 0 Å². The van der Waals surface area contributed by atoms with Crippen molar-refractivity contribution in [1.82, 2.24) is 4.98 Å². The van der Waals surface area contributed by atoms with Gasteiger partial charge in [-0.25, -0.2) is 8.78 Å². The molecule has 13 heavy (non-hydrogen) atoms. The van der Waals surface area contributed by atoms with E-state index in [1.54, 1.807) is 22.6 Å². The summed E-state index contributed by atoms with van der Waals surface area (Å²) in [5.74, 6) is -0.385. The van der Waals surface area contributed by atoms with E-state index in [1.165, 1.54) is 0 Å². The van der Waals surface area contributed by atoms with E-state index in [-0.39, 0.29) is 14.9 Å². The van der Waals surface area contributed by atoms with Gasteiger partial charge in [-0.15, -0.1) is 0 Å². The number of aromatic hydroxyl groups is 1. The van der Waals surface area contributed by atoms with E-state index in [0.29, 0.717) is 6.29 Å². The summed E-state index contributed by atoms with van der Waals surface area (Å²) < 4.78 is 24.4. The quantitative estimate of drug-likeness (QED) is 0.672. The molecule has 0 saturated carbocycles. The zero-order valence-corrected chi connectivity index (χ0v) is 8.33. The largest absolute Gasteiger partial charge is 0.506 e. The van der Waals surface area contributed by atoms with Crippen LogP contribution in [0.25, 0.3) is 0 Å². The number of carbonyl (C=O) groups excluding carboxylic acids is 1. The molecule has 0 bridgehead atoms. The first-order chi connectivity index (χ1) is 6.07. The molecular weight excluding hydrogens is 295 g/mol. The summed E-state index contributed by atoms with van der Waals surface area (Å²) >= 11 is 1.55. The molecule has 1 aromatic rings. The molecule has 0 atom stereocenters. The molecule has 1 N–H and O–H groups in total. The number of halogens is 3. The van der Waals surface area contributed by atoms with Gasteiger partial charge in [0.05, 0.1) is 15.3 Å². The van der Waals surface area contributed by atoms with Crippen LogP contribution >= 0.6 is 22.6 Å². The summed E-state index contributed by atoms with van der Waals surface area (Å²) in [5.41, 5.74) is -0.633. The van der Waals surface area contributed by atoms with Crippen LogP contribution in [0.4, 0.5) is 8.78 Å². The van der Waals surface area contributed by atoms with E-state index < -0.39 is 12.1 Å². The molecule has 1 aromatic heterocycles. The number of alkyl halides is 2. The minimum atomic E-state index is -2.74. The van der Waals surface area contributed by atoms with E-state index in [2.05, 4.69) is 4.98 Å². The van der Waals surface area contributed by atoms with Crippen LogP contribution in [0.5, 0.6) is 5.75 Å². The SMILES string of the molecule is O=Cc1c(O)cnc(C(F)F)c1I. The summed E-state index contributed by atoms with van der Waals surface area (Å²) in [6.45, 7) is 0. The van der Waals surface area contributed by atoms with Gasteiger partial charge in [0.15, 0.2) is 6.29 Å². The average molecular weight is 299 g/mol. The molecule has 70 valence electrons. The number of hydrogen-bond donors (Lipinski definition) is 1. The van der Waals surface area contributed by atoms with E-state index in [1.807, 2.05) is 0 Å². The van der Waals surface area contributed by atoms with Crippen molar-refractivity contribution in [3.63, 3.8) is 0 Å². The van der Waals surface area contributed by atoms with Gasteiger partial charge in [-0.3, -0.25) is 9.78 Å². The molecule has 0 spiro atoms. The molecule has 1 heterocycles. The van der Waals surface area contributed by atoms with Gasteiger partial charge >= 0.3 is 0 Å². The second-order valence-electron chi connectivity index (χ2n) is 2.17. The van der Waals surface area contributed by atoms with Crippen LogP contribution in [0, 0.1) is 3.57 Å². The highest BCUT2D eigenvalue weighted by atomic mass is 127. The summed E-state index contributed by atoms with van der Waals surface area (Å²) in [6.07, 6.45) is -1.58. The van der Waals surface area contributed by atoms with E-state index in [0.717, 1.165) is 6.20 Å². The monoisotopic (exact) mass is 299 g/mol. The van der Waals surface area contributed by atoms with E-state index in [9.17, 15) is 13.6 Å². The second-order valence-corrected chi connectivity index (χ2v) is 3.25. The molecule has 1 rings (SSSR count). The first kappa shape index (κ1) is 10.3. The lowest BCUT2D eigenvalue weighted by Gasteiger charge is -2.05. The predicted octanol–water partition coefficient (Wildman–Crippen LogP) is 2.14. The highest BCUT2D eigenvalue weighted by Gasteiger charge is 2.18. The maximum Gasteiger partial charge on any atom is 0.281 e. The summed E-state index contributed by atoms with van der Waals surface area (Å²) in [5, 5.41) is 9.05. The maximum atomic E-state index is 12.2. The van der Waals surface area contributed by atoms with E-state index in [4.69, 9.17) is 5.11 Å². The third-order valence-corrected chi connectivity index (χ3v) is 2.52. The van der Waals surface area contributed by atoms with E-state index >= 15 is 0 Å². The Hall–Kier alpha value is -0.790. The van der Waals surface area contributed by atoms with Crippen LogP contribution in [0.2, 0.25) is 0 Å². The first-order valence-electron chi connectivity index (χ1n) is 3.18. The van der Waals surface area contributed by atoms with Crippen LogP contribution in [0.3, 0.4) is 0 Å². The molecule has 0 amide bonds. The topological polar surface area (TPSA) is 50.2 Å². The van der Waals surface area contributed by atoms with Gasteiger partial charge in [0, 0.05) is 0 Å². The number of nitrogens with zero attached hydrogens (tertiary/aromatic N) is 1. The normalized spacial score (nSPS) is 10.5. The highest BCUT2D eigenvalue weighted by molar-refractivity contribution is 14.1. The number of carbonyl (C=O) groups is 1. The van der Waals surface area contributed by atoms with Crippen molar-refractivity contribution >= 4 is 28.9 Å². The Morgan fingerprint density at radius 3 is 2.69 bits per heavy atom. The molecule has 0 aliphatic rings. The Morgan fingerprint density at radius 1 is 1.62 bits per heavy atom. The fourth-order valence-corrected chi connectivity index (χ4v) is 1.55. The van der Waals surface area contributed by atoms with Crippen molar-refractivity contribution in [2.45, 2.75) is 6.43 Å². The molecule has 0 aliphatic heterocycles. The van der Waals surface area contributed by atoms with Gasteiger partial charge in [0.1, 0.15) is 11.4 Å². The number of hydrogen-bond acceptors (Lipinski definition) is 3. The Bertz CT molecular complexity index is 344. The van der Waals surface area contributed by atoms with Crippen molar-refractivity contribution in [1.29, 1.82) is 0 Å². The molecule has 0 saturated heterocycles. The fraction of sp³-hybridized carbons (Fsp3) is 0.143. The van der Waals surface area contributed by atoms with Crippen molar-refractivity contribution in [3.05, 3.63) is 21.0 Å². The number of aromatic nitrogens is 1. The Balaban J connectivity index is 3.35. The maximum absolute atomic E-state index is 12.2. The van der Waals surface area contributed by atoms with Crippen molar-refractivity contribution in [2.24, 2.45) is 0 Å². The molecule has 3 nitrogen and oxygen atoms in total. The van der Waals surface area contributed by atoms with Crippen LogP contribution in [-0.4, -0.2) is 16.4 Å². The van der Waals surface area contributed by atoms with Crippen molar-refractivity contribution in [3.8, 4) is 5.75 Å². The molecule has 0 aromatic carbocycles. The Kier molecular flexibility index (Phi) is 3.12. The Labute approximate surface area is 85.9 Å². The number of aldehydes is 1. The molecule has 0 radical (unpaired) electrons. The van der Waals surface area contributed by atoms with Crippen molar-refractivity contribution in [2.75, 3.05) is 0 Å². The highest BCUT2D eigenvalue weighted by Crippen LogP contribution is 2.28. The molecule has 6 heteroatoms. The lowest BCUT2D eigenvalue weighted by Crippen LogP contribution is -1.99. The van der Waals surface area contributed by atoms with Crippen LogP contribution in [0.15, 0.2) is 6.20 Å². The van der Waals surface area contributed by atoms with Crippen LogP contribution in [-0.2, 0) is 0 Å². The minimum Gasteiger partial charge on any atom is -0.506 e. The zero-order chi connectivity index (χ0) is 10.0. The summed E-state index contributed by atoms with van der Waals surface area (Å²) in [7, 11) is 0. The number of rotatable bonds is 2. The Morgan fingerprint density at radius 2 is 2.23 bits per heavy atom. The van der Waals surface area contributed by atoms with Crippen molar-refractivity contribution < 1.29 is 18.7 Å². The third-order valence-electron chi connectivity index (χ3n) is 1.39. The minimum absolute atomic E-state index is 0.0115. The predicted molar refractivity (Wildman–Crippen MR) is 49.0 cm³/mol. The van der Waals surface area contributed by atoms with Gasteiger partial charge in [-0.05, 0) is 22.6 Å². The molecule has 0 fully saturated rings. The second kappa shape index (κ2) is 3.95. The molecular formula is C7H4F2INO2. The van der Waals surface area contributed by atoms with Gasteiger partial charge < -0.3 is 5.11 Å². The number of pyridine rings is 1. The van der Waals surface area contributed by atoms with Gasteiger partial charge in [-0.2, -0.15) is 0 Å². The lowest BCUT2D eigenvalue weighted by atomic mass is 10.2. The zero-order valence-electron chi connectivity index (χ0n) is 6.17. The standard InChI is InChI=1S/C7H4F2INO2/c8-7(9)6-5(10)3(2-12)4(13)1-11-6/h1-2,7,13H. The van der Waals surface area contributed by atoms with Crippen LogP contribution in [0.1, 0.15) is 22.5 Å². The lowest BCUT2D eigenvalue weighted by molar-refractivity contribution is 0.111. The van der Waals surface area contributed by atoms with Gasteiger partial charge in [0.25, 0.3) is 6.43 Å². The van der Waals surface area contributed by atoms with Gasteiger partial charge in [0.2, 0.25) is 0 Å². The summed E-state index contributed by atoms with van der Waals surface area (Å²) in [6, 6.07) is 0. The molecule has 0 unspecified atom stereocenters. The first-order valence-corrected chi connectivity index (χ1v) is 4.26. The van der Waals surface area contributed by atoms with Gasteiger partial charge in [-0.1, -0.05) is 0 Å². The third kappa shape index (κ3) is 1.93.